The molecule has 0 spiro atoms. The van der Waals surface area contributed by atoms with Crippen molar-refractivity contribution in [3.63, 3.8) is 0 Å². The van der Waals surface area contributed by atoms with Gasteiger partial charge in [0.2, 0.25) is 5.62 Å². The number of pyridine rings is 1. The number of hydrogen-bond donors (Lipinski definition) is 0. The molecule has 0 saturated heterocycles. The predicted molar refractivity (Wildman–Crippen MR) is 199 cm³/mol. The number of aryl methyl sites for hydroxylation is 1. The molecule has 0 fully saturated rings. The maximum Gasteiger partial charge on any atom is 0.418 e. The van der Waals surface area contributed by atoms with Gasteiger partial charge in [-0.1, -0.05) is 67.1 Å². The maximum absolute atomic E-state index is 16.6. The standard InChI is InChI=1S/C37H39Cl2F5N4O4Si/c1-22-17-29(47(19-23-7-11-25(50-2)12-8-23)20-24-9-13-26(51-3)14-10-24)46-32(31(22)37(42,43)44)27-18-28-30(33(40)36(27,39)41)34(49)48(35(38)45-28)21-52-15-16-53(4,5)6/h7-14,17-18,35H,15-16,19-21H2,1-6H3. The second-order valence-corrected chi connectivity index (χ2v) is 20.4. The van der Waals surface area contributed by atoms with E-state index in [4.69, 9.17) is 37.4 Å². The third-order valence-electron chi connectivity index (χ3n) is 8.71. The number of rotatable bonds is 13. The largest absolute Gasteiger partial charge is 0.497 e. The molecule has 2 atom stereocenters. The first kappa shape index (κ1) is 40.2. The number of alkyl halides is 6. The Morgan fingerprint density at radius 1 is 0.981 bits per heavy atom. The average molecular weight is 798 g/mol. The van der Waals surface area contributed by atoms with Crippen LogP contribution in [0.3, 0.4) is 0 Å². The Bertz CT molecular complexity index is 1880. The zero-order chi connectivity index (χ0) is 38.9. The lowest BCUT2D eigenvalue weighted by Crippen LogP contribution is -2.46. The fourth-order valence-electron chi connectivity index (χ4n) is 5.79. The third kappa shape index (κ3) is 9.05. The molecule has 5 rings (SSSR count). The van der Waals surface area contributed by atoms with Crippen LogP contribution in [0.25, 0.3) is 5.57 Å². The summed E-state index contributed by atoms with van der Waals surface area (Å²) in [7, 11) is 1.55. The van der Waals surface area contributed by atoms with Crippen LogP contribution in [0, 0.1) is 6.92 Å². The van der Waals surface area contributed by atoms with Crippen LogP contribution in [0.5, 0.6) is 11.5 Å². The van der Waals surface area contributed by atoms with Gasteiger partial charge >= 0.3 is 6.18 Å². The number of fused-ring (bicyclic) bond motifs is 1. The molecule has 1 aromatic heterocycles. The molecule has 16 heteroatoms. The van der Waals surface area contributed by atoms with E-state index in [9.17, 15) is 18.0 Å². The summed E-state index contributed by atoms with van der Waals surface area (Å²) in [4.78, 5) is 24.5. The highest BCUT2D eigenvalue weighted by Crippen LogP contribution is 2.50. The molecule has 0 saturated carbocycles. The molecule has 284 valence electrons. The summed E-state index contributed by atoms with van der Waals surface area (Å²) in [5.41, 5.74) is -4.85. The summed E-state index contributed by atoms with van der Waals surface area (Å²) in [5.74, 6) is -1.69. The maximum atomic E-state index is 16.6. The molecule has 2 unspecified atom stereocenters. The van der Waals surface area contributed by atoms with Crippen LogP contribution in [0.2, 0.25) is 25.7 Å². The van der Waals surface area contributed by atoms with E-state index >= 15 is 8.78 Å². The summed E-state index contributed by atoms with van der Waals surface area (Å²) in [6.07, 6.45) is -4.26. The van der Waals surface area contributed by atoms with E-state index in [1.807, 2.05) is 0 Å². The van der Waals surface area contributed by atoms with Crippen molar-refractivity contribution in [3.8, 4) is 11.5 Å². The summed E-state index contributed by atoms with van der Waals surface area (Å²) in [6.45, 7) is 7.81. The van der Waals surface area contributed by atoms with Gasteiger partial charge in [0.25, 0.3) is 11.0 Å². The minimum absolute atomic E-state index is 0.0132. The van der Waals surface area contributed by atoms with Gasteiger partial charge in [-0.2, -0.15) is 13.2 Å². The summed E-state index contributed by atoms with van der Waals surface area (Å²) >= 11 is 12.6. The minimum Gasteiger partial charge on any atom is -0.497 e. The van der Waals surface area contributed by atoms with Gasteiger partial charge in [-0.3, -0.25) is 9.69 Å². The molecule has 0 bridgehead atoms. The monoisotopic (exact) mass is 796 g/mol. The second kappa shape index (κ2) is 15.8. The summed E-state index contributed by atoms with van der Waals surface area (Å²) in [6, 6.07) is 16.1. The Balaban J connectivity index is 1.61. The lowest BCUT2D eigenvalue weighted by molar-refractivity contribution is -0.138. The molecule has 1 aliphatic carbocycles. The first-order valence-electron chi connectivity index (χ1n) is 16.5. The van der Waals surface area contributed by atoms with Crippen molar-refractivity contribution in [1.29, 1.82) is 0 Å². The first-order chi connectivity index (χ1) is 24.8. The number of amides is 1. The summed E-state index contributed by atoms with van der Waals surface area (Å²) in [5, 5.41) is -3.73. The number of aromatic nitrogens is 1. The van der Waals surface area contributed by atoms with Crippen molar-refractivity contribution >= 4 is 54.3 Å². The van der Waals surface area contributed by atoms with Crippen LogP contribution >= 0.6 is 23.2 Å². The number of carbonyl (C=O) groups is 1. The van der Waals surface area contributed by atoms with Crippen molar-refractivity contribution in [2.24, 2.45) is 4.99 Å². The van der Waals surface area contributed by atoms with Crippen molar-refractivity contribution in [2.75, 3.05) is 32.5 Å². The van der Waals surface area contributed by atoms with Crippen LogP contribution in [0.4, 0.5) is 27.8 Å². The first-order valence-corrected chi connectivity index (χ1v) is 21.1. The second-order valence-electron chi connectivity index (χ2n) is 13.8. The molecule has 2 aliphatic rings. The molecule has 0 N–H and O–H groups in total. The quantitative estimate of drug-likeness (QED) is 0.0565. The number of anilines is 1. The minimum atomic E-state index is -5.07. The molecule has 8 nitrogen and oxygen atoms in total. The topological polar surface area (TPSA) is 76.5 Å². The fourth-order valence-corrected chi connectivity index (χ4v) is 7.03. The molecule has 2 aromatic carbocycles. The van der Waals surface area contributed by atoms with Gasteiger partial charge in [0.15, 0.2) is 5.83 Å². The van der Waals surface area contributed by atoms with E-state index in [1.165, 1.54) is 27.2 Å². The highest BCUT2D eigenvalue weighted by Gasteiger charge is 2.51. The van der Waals surface area contributed by atoms with E-state index in [0.29, 0.717) is 18.1 Å². The van der Waals surface area contributed by atoms with Gasteiger partial charge in [-0.25, -0.2) is 18.8 Å². The number of carbonyl (C=O) groups excluding carboxylic acids is 1. The number of allylic oxidation sites excluding steroid dienone is 3. The van der Waals surface area contributed by atoms with E-state index in [-0.39, 0.29) is 31.2 Å². The van der Waals surface area contributed by atoms with Gasteiger partial charge in [0.05, 0.1) is 31.2 Å². The lowest BCUT2D eigenvalue weighted by Gasteiger charge is -2.35. The molecule has 53 heavy (non-hydrogen) atoms. The Hall–Kier alpha value is -3.98. The number of nitrogens with zero attached hydrogens (tertiary/aromatic N) is 4. The molecule has 0 radical (unpaired) electrons. The number of halogens is 7. The Labute approximate surface area is 315 Å². The lowest BCUT2D eigenvalue weighted by atomic mass is 9.88. The van der Waals surface area contributed by atoms with Crippen LogP contribution < -0.4 is 14.4 Å². The molecule has 3 aromatic rings. The zero-order valence-electron chi connectivity index (χ0n) is 30.0. The van der Waals surface area contributed by atoms with Gasteiger partial charge < -0.3 is 19.1 Å². The molecule has 2 heterocycles. The molecular formula is C37H39Cl2F5N4O4Si. The Morgan fingerprint density at radius 2 is 1.53 bits per heavy atom. The number of ether oxygens (including phenoxy) is 3. The van der Waals surface area contributed by atoms with Crippen LogP contribution in [0.15, 0.2) is 77.1 Å². The van der Waals surface area contributed by atoms with E-state index in [2.05, 4.69) is 29.6 Å². The van der Waals surface area contributed by atoms with Crippen molar-refractivity contribution in [2.45, 2.75) is 62.6 Å². The Kier molecular flexibility index (Phi) is 12.0. The smallest absolute Gasteiger partial charge is 0.418 e. The SMILES string of the molecule is COc1ccc(CN(Cc2ccc(OC)cc2)c2cc(C)c(C(F)(F)F)c(C3=CC4=NC(Cl)N(COCC[Si](C)(C)C)C(=O)C4=C(F)C3(F)Cl)n2)cc1. The van der Waals surface area contributed by atoms with E-state index in [1.54, 1.807) is 53.4 Å². The van der Waals surface area contributed by atoms with E-state index in [0.717, 1.165) is 28.1 Å². The van der Waals surface area contributed by atoms with Crippen LogP contribution in [-0.4, -0.2) is 67.9 Å². The van der Waals surface area contributed by atoms with Crippen molar-refractivity contribution < 1.29 is 41.0 Å². The Morgan fingerprint density at radius 3 is 2.02 bits per heavy atom. The molecule has 1 aliphatic heterocycles. The highest BCUT2D eigenvalue weighted by molar-refractivity contribution is 6.76. The predicted octanol–water partition coefficient (Wildman–Crippen LogP) is 9.28. The van der Waals surface area contributed by atoms with Crippen molar-refractivity contribution in [1.82, 2.24) is 9.88 Å². The zero-order valence-corrected chi connectivity index (χ0v) is 32.5. The molecular weight excluding hydrogens is 758 g/mol. The van der Waals surface area contributed by atoms with Gasteiger partial charge in [0, 0.05) is 33.3 Å². The van der Waals surface area contributed by atoms with Gasteiger partial charge in [-0.15, -0.1) is 0 Å². The average Bonchev–Trinajstić information content (AvgIpc) is 3.08. The van der Waals surface area contributed by atoms with Crippen LogP contribution in [0.1, 0.15) is 27.9 Å². The highest BCUT2D eigenvalue weighted by atomic mass is 35.5. The van der Waals surface area contributed by atoms with Gasteiger partial charge in [-0.05, 0) is 66.1 Å². The number of aliphatic imine (C=N–C) groups is 1. The number of hydrogen-bond acceptors (Lipinski definition) is 7. The van der Waals surface area contributed by atoms with E-state index < -0.39 is 64.9 Å². The summed E-state index contributed by atoms with van der Waals surface area (Å²) < 4.78 is 93.4. The van der Waals surface area contributed by atoms with Crippen LogP contribution in [-0.2, 0) is 28.8 Å². The van der Waals surface area contributed by atoms with Crippen molar-refractivity contribution in [3.05, 3.63) is 100 Å². The fraction of sp³-hybridized carbons (Fsp3) is 0.378. The normalized spacial score (nSPS) is 19.2. The van der Waals surface area contributed by atoms with Gasteiger partial charge in [0.1, 0.15) is 29.6 Å². The third-order valence-corrected chi connectivity index (χ3v) is 11.1. The number of methoxy groups -OCH3 is 2. The molecule has 1 amide bonds. The number of benzene rings is 2.